The molecule has 1 aromatic heterocycles. The molecule has 1 fully saturated rings. The minimum atomic E-state index is -0.762. The van der Waals surface area contributed by atoms with E-state index >= 15 is 0 Å². The fraction of sp³-hybridized carbons (Fsp3) is 0.308. The van der Waals surface area contributed by atoms with Crippen LogP contribution in [0.3, 0.4) is 0 Å². The number of nitrogens with zero attached hydrogens (tertiary/aromatic N) is 2. The molecule has 1 aliphatic heterocycles. The van der Waals surface area contributed by atoms with Gasteiger partial charge in [-0.15, -0.1) is 0 Å². The van der Waals surface area contributed by atoms with Crippen molar-refractivity contribution >= 4 is 23.0 Å². The van der Waals surface area contributed by atoms with E-state index in [1.54, 1.807) is 10.9 Å². The Morgan fingerprint density at radius 3 is 3.11 bits per heavy atom. The number of para-hydroxylation sites is 2. The summed E-state index contributed by atoms with van der Waals surface area (Å²) in [4.78, 5) is 27.2. The lowest BCUT2D eigenvalue weighted by molar-refractivity contribution is -0.160. The van der Waals surface area contributed by atoms with Gasteiger partial charge in [0.1, 0.15) is 6.54 Å². The van der Waals surface area contributed by atoms with Gasteiger partial charge >= 0.3 is 11.9 Å². The number of aromatic nitrogens is 2. The summed E-state index contributed by atoms with van der Waals surface area (Å²) in [6.07, 6.45) is 1.25. The smallest absolute Gasteiger partial charge is 0.347 e. The van der Waals surface area contributed by atoms with E-state index in [-0.39, 0.29) is 6.54 Å². The van der Waals surface area contributed by atoms with E-state index in [0.29, 0.717) is 13.0 Å². The third-order valence-corrected chi connectivity index (χ3v) is 2.99. The summed E-state index contributed by atoms with van der Waals surface area (Å²) < 4.78 is 11.5. The Labute approximate surface area is 108 Å². The molecule has 2 aromatic rings. The maximum Gasteiger partial charge on any atom is 0.347 e. The van der Waals surface area contributed by atoms with Gasteiger partial charge in [-0.05, 0) is 12.1 Å². The molecule has 1 aliphatic rings. The standard InChI is InChI=1S/C13H12N2O4/c16-12(19-11-5-6-18-13(11)17)7-15-8-14-9-3-1-2-4-10(9)15/h1-4,8,11H,5-7H2/t11-/m0/s1. The molecule has 0 saturated carbocycles. The number of carbonyl (C=O) groups excluding carboxylic acids is 2. The molecule has 1 atom stereocenters. The quantitative estimate of drug-likeness (QED) is 0.767. The second-order valence-electron chi connectivity index (χ2n) is 4.30. The number of esters is 2. The van der Waals surface area contributed by atoms with Crippen LogP contribution in [0.1, 0.15) is 6.42 Å². The van der Waals surface area contributed by atoms with Crippen molar-refractivity contribution in [3.8, 4) is 0 Å². The average molecular weight is 260 g/mol. The minimum absolute atomic E-state index is 0.0320. The minimum Gasteiger partial charge on any atom is -0.463 e. The van der Waals surface area contributed by atoms with Gasteiger partial charge in [0.15, 0.2) is 0 Å². The maximum absolute atomic E-state index is 11.8. The molecular weight excluding hydrogens is 248 g/mol. The predicted octanol–water partition coefficient (Wildman–Crippen LogP) is 0.895. The summed E-state index contributed by atoms with van der Waals surface area (Å²) in [7, 11) is 0. The fourth-order valence-corrected chi connectivity index (χ4v) is 2.06. The highest BCUT2D eigenvalue weighted by molar-refractivity contribution is 5.82. The number of hydrogen-bond acceptors (Lipinski definition) is 5. The second-order valence-corrected chi connectivity index (χ2v) is 4.30. The van der Waals surface area contributed by atoms with E-state index in [1.807, 2.05) is 24.3 Å². The van der Waals surface area contributed by atoms with Gasteiger partial charge in [-0.2, -0.15) is 0 Å². The molecule has 0 amide bonds. The second kappa shape index (κ2) is 4.72. The summed E-state index contributed by atoms with van der Waals surface area (Å²) in [6.45, 7) is 0.342. The highest BCUT2D eigenvalue weighted by atomic mass is 16.6. The monoisotopic (exact) mass is 260 g/mol. The molecule has 0 N–H and O–H groups in total. The van der Waals surface area contributed by atoms with Crippen molar-refractivity contribution < 1.29 is 19.1 Å². The first-order valence-electron chi connectivity index (χ1n) is 6.00. The Morgan fingerprint density at radius 1 is 1.47 bits per heavy atom. The van der Waals surface area contributed by atoms with Gasteiger partial charge in [-0.25, -0.2) is 9.78 Å². The van der Waals surface area contributed by atoms with Gasteiger partial charge in [-0.3, -0.25) is 4.79 Å². The lowest BCUT2D eigenvalue weighted by atomic mass is 10.3. The molecule has 1 saturated heterocycles. The van der Waals surface area contributed by atoms with Gasteiger partial charge in [-0.1, -0.05) is 12.1 Å². The Balaban J connectivity index is 1.71. The molecule has 19 heavy (non-hydrogen) atoms. The van der Waals surface area contributed by atoms with E-state index in [9.17, 15) is 9.59 Å². The van der Waals surface area contributed by atoms with Crippen LogP contribution in [0.25, 0.3) is 11.0 Å². The van der Waals surface area contributed by atoms with Crippen LogP contribution >= 0.6 is 0 Å². The van der Waals surface area contributed by atoms with Crippen molar-refractivity contribution in [1.82, 2.24) is 9.55 Å². The normalized spacial score (nSPS) is 18.5. The number of hydrogen-bond donors (Lipinski definition) is 0. The number of benzene rings is 1. The fourth-order valence-electron chi connectivity index (χ4n) is 2.06. The lowest BCUT2D eigenvalue weighted by Gasteiger charge is -2.09. The molecule has 1 aromatic carbocycles. The summed E-state index contributed by atoms with van der Waals surface area (Å²) >= 11 is 0. The summed E-state index contributed by atoms with van der Waals surface area (Å²) in [6, 6.07) is 7.50. The van der Waals surface area contributed by atoms with Crippen LogP contribution < -0.4 is 0 Å². The van der Waals surface area contributed by atoms with E-state index in [2.05, 4.69) is 4.98 Å². The first-order valence-corrected chi connectivity index (χ1v) is 6.00. The third-order valence-electron chi connectivity index (χ3n) is 2.99. The van der Waals surface area contributed by atoms with E-state index in [4.69, 9.17) is 9.47 Å². The first-order chi connectivity index (χ1) is 9.24. The summed E-state index contributed by atoms with van der Waals surface area (Å²) in [5, 5.41) is 0. The summed E-state index contributed by atoms with van der Waals surface area (Å²) in [5.74, 6) is -0.934. The van der Waals surface area contributed by atoms with Gasteiger partial charge in [0.2, 0.25) is 6.10 Å². The van der Waals surface area contributed by atoms with Crippen molar-refractivity contribution in [1.29, 1.82) is 0 Å². The van der Waals surface area contributed by atoms with Crippen LogP contribution in [0.15, 0.2) is 30.6 Å². The molecule has 3 rings (SSSR count). The van der Waals surface area contributed by atoms with Crippen molar-refractivity contribution in [3.05, 3.63) is 30.6 Å². The predicted molar refractivity (Wildman–Crippen MR) is 65.2 cm³/mol. The van der Waals surface area contributed by atoms with Gasteiger partial charge in [0.05, 0.1) is 24.0 Å². The van der Waals surface area contributed by atoms with E-state index in [1.165, 1.54) is 0 Å². The van der Waals surface area contributed by atoms with Gasteiger partial charge in [0.25, 0.3) is 0 Å². The van der Waals surface area contributed by atoms with E-state index in [0.717, 1.165) is 11.0 Å². The molecule has 6 heteroatoms. The number of cyclic esters (lactones) is 1. The first kappa shape index (κ1) is 11.7. The number of imidazole rings is 1. The number of carbonyl (C=O) groups is 2. The summed E-state index contributed by atoms with van der Waals surface area (Å²) in [5.41, 5.74) is 1.67. The van der Waals surface area contributed by atoms with E-state index < -0.39 is 18.0 Å². The van der Waals surface area contributed by atoms with Crippen LogP contribution in [0.5, 0.6) is 0 Å². The zero-order valence-corrected chi connectivity index (χ0v) is 10.1. The highest BCUT2D eigenvalue weighted by Gasteiger charge is 2.30. The van der Waals surface area contributed by atoms with Crippen molar-refractivity contribution in [3.63, 3.8) is 0 Å². The van der Waals surface area contributed by atoms with Crippen LogP contribution in [0.2, 0.25) is 0 Å². The molecular formula is C13H12N2O4. The Kier molecular flexibility index (Phi) is 2.91. The van der Waals surface area contributed by atoms with Crippen LogP contribution in [-0.2, 0) is 25.6 Å². The topological polar surface area (TPSA) is 70.4 Å². The van der Waals surface area contributed by atoms with Crippen LogP contribution in [0, 0.1) is 0 Å². The maximum atomic E-state index is 11.8. The number of ether oxygens (including phenoxy) is 2. The molecule has 0 spiro atoms. The zero-order valence-electron chi connectivity index (χ0n) is 10.1. The molecule has 0 radical (unpaired) electrons. The molecule has 98 valence electrons. The van der Waals surface area contributed by atoms with Gasteiger partial charge in [0, 0.05) is 6.42 Å². The van der Waals surface area contributed by atoms with Crippen molar-refractivity contribution in [2.24, 2.45) is 0 Å². The number of fused-ring (bicyclic) bond motifs is 1. The average Bonchev–Trinajstić information content (AvgIpc) is 2.98. The van der Waals surface area contributed by atoms with Gasteiger partial charge < -0.3 is 14.0 Å². The molecule has 0 bridgehead atoms. The SMILES string of the molecule is O=C(Cn1cnc2ccccc21)O[C@H]1CCOC1=O. The molecule has 2 heterocycles. The lowest BCUT2D eigenvalue weighted by Crippen LogP contribution is -2.25. The number of rotatable bonds is 3. The third kappa shape index (κ3) is 2.29. The van der Waals surface area contributed by atoms with Crippen LogP contribution in [0.4, 0.5) is 0 Å². The Morgan fingerprint density at radius 2 is 2.32 bits per heavy atom. The van der Waals surface area contributed by atoms with Crippen LogP contribution in [-0.4, -0.2) is 34.2 Å². The zero-order chi connectivity index (χ0) is 13.2. The molecule has 0 aliphatic carbocycles. The highest BCUT2D eigenvalue weighted by Crippen LogP contribution is 2.14. The Bertz CT molecular complexity index is 634. The largest absolute Gasteiger partial charge is 0.463 e. The molecule has 0 unspecified atom stereocenters. The molecule has 6 nitrogen and oxygen atoms in total. The van der Waals surface area contributed by atoms with Crippen molar-refractivity contribution in [2.45, 2.75) is 19.1 Å². The van der Waals surface area contributed by atoms with Crippen molar-refractivity contribution in [2.75, 3.05) is 6.61 Å². The Hall–Kier alpha value is -2.37.